The van der Waals surface area contributed by atoms with Gasteiger partial charge in [-0.1, -0.05) is 24.3 Å². The molecular formula is C24H29FN4O. The summed E-state index contributed by atoms with van der Waals surface area (Å²) in [7, 11) is 3.85. The smallest absolute Gasteiger partial charge is 0.234 e. The molecule has 0 atom stereocenters. The third-order valence-electron chi connectivity index (χ3n) is 5.19. The molecule has 3 rings (SSSR count). The van der Waals surface area contributed by atoms with Gasteiger partial charge in [-0.15, -0.1) is 0 Å². The number of amides is 1. The average molecular weight is 409 g/mol. The largest absolute Gasteiger partial charge is 0.351 e. The standard InChI is InChI=1S/C24H29FN4O/c1-18-7-4-5-8-20(18)16-26-24(30)17-28(2)14-6-9-22-15-23(29(3)27-22)19-10-12-21(25)13-11-19/h4-5,7-8,10-13,15H,6,9,14,16-17H2,1-3H3,(H,26,30). The zero-order valence-corrected chi connectivity index (χ0v) is 17.9. The molecule has 3 aromatic rings. The highest BCUT2D eigenvalue weighted by Gasteiger charge is 2.10. The van der Waals surface area contributed by atoms with Crippen LogP contribution in [0, 0.1) is 12.7 Å². The number of likely N-dealkylation sites (N-methyl/N-ethyl adjacent to an activating group) is 1. The third kappa shape index (κ3) is 6.00. The minimum Gasteiger partial charge on any atom is -0.351 e. The number of aromatic nitrogens is 2. The number of nitrogens with zero attached hydrogens (tertiary/aromatic N) is 3. The van der Waals surface area contributed by atoms with Crippen LogP contribution in [0.15, 0.2) is 54.6 Å². The fraction of sp³-hybridized carbons (Fsp3) is 0.333. The van der Waals surface area contributed by atoms with Gasteiger partial charge < -0.3 is 5.32 Å². The summed E-state index contributed by atoms with van der Waals surface area (Å²) < 4.78 is 15.0. The lowest BCUT2D eigenvalue weighted by Gasteiger charge is -2.16. The summed E-state index contributed by atoms with van der Waals surface area (Å²) in [6.07, 6.45) is 1.73. The Kier molecular flexibility index (Phi) is 7.36. The van der Waals surface area contributed by atoms with Crippen LogP contribution in [-0.4, -0.2) is 40.7 Å². The normalized spacial score (nSPS) is 11.1. The highest BCUT2D eigenvalue weighted by molar-refractivity contribution is 5.78. The second-order valence-corrected chi connectivity index (χ2v) is 7.70. The number of carbonyl (C=O) groups is 1. The number of halogens is 1. The van der Waals surface area contributed by atoms with Crippen LogP contribution in [-0.2, 0) is 24.8 Å². The molecule has 1 N–H and O–H groups in total. The maximum absolute atomic E-state index is 13.1. The van der Waals surface area contributed by atoms with Gasteiger partial charge in [-0.2, -0.15) is 5.10 Å². The number of hydrogen-bond donors (Lipinski definition) is 1. The van der Waals surface area contributed by atoms with E-state index in [0.29, 0.717) is 13.1 Å². The van der Waals surface area contributed by atoms with Crippen molar-refractivity contribution in [2.24, 2.45) is 7.05 Å². The Balaban J connectivity index is 1.42. The van der Waals surface area contributed by atoms with Gasteiger partial charge in [0.15, 0.2) is 0 Å². The number of hydrogen-bond acceptors (Lipinski definition) is 3. The molecular weight excluding hydrogens is 379 g/mol. The predicted molar refractivity (Wildman–Crippen MR) is 117 cm³/mol. The van der Waals surface area contributed by atoms with Crippen molar-refractivity contribution in [2.45, 2.75) is 26.3 Å². The van der Waals surface area contributed by atoms with Crippen LogP contribution in [0.3, 0.4) is 0 Å². The number of rotatable bonds is 9. The molecule has 0 aliphatic carbocycles. The van der Waals surface area contributed by atoms with Crippen molar-refractivity contribution in [1.82, 2.24) is 20.0 Å². The van der Waals surface area contributed by atoms with Crippen LogP contribution in [0.25, 0.3) is 11.3 Å². The molecule has 158 valence electrons. The number of carbonyl (C=O) groups excluding carboxylic acids is 1. The second kappa shape index (κ2) is 10.2. The number of aryl methyl sites for hydroxylation is 3. The summed E-state index contributed by atoms with van der Waals surface area (Å²) in [5.41, 5.74) is 5.23. The SMILES string of the molecule is Cc1ccccc1CNC(=O)CN(C)CCCc1cc(-c2ccc(F)cc2)n(C)n1. The maximum Gasteiger partial charge on any atom is 0.234 e. The van der Waals surface area contributed by atoms with Crippen molar-refractivity contribution >= 4 is 5.91 Å². The van der Waals surface area contributed by atoms with Crippen LogP contribution < -0.4 is 5.32 Å². The van der Waals surface area contributed by atoms with Crippen LogP contribution in [0.2, 0.25) is 0 Å². The molecule has 1 amide bonds. The molecule has 1 aromatic heterocycles. The van der Waals surface area contributed by atoms with Gasteiger partial charge in [0, 0.05) is 13.6 Å². The molecule has 0 saturated heterocycles. The molecule has 0 aliphatic heterocycles. The summed E-state index contributed by atoms with van der Waals surface area (Å²) in [5, 5.41) is 7.55. The van der Waals surface area contributed by atoms with E-state index in [1.807, 2.05) is 60.9 Å². The van der Waals surface area contributed by atoms with Crippen LogP contribution in [0.1, 0.15) is 23.2 Å². The van der Waals surface area contributed by atoms with E-state index < -0.39 is 0 Å². The van der Waals surface area contributed by atoms with Crippen LogP contribution in [0.5, 0.6) is 0 Å². The topological polar surface area (TPSA) is 50.2 Å². The van der Waals surface area contributed by atoms with E-state index in [2.05, 4.69) is 10.4 Å². The quantitative estimate of drug-likeness (QED) is 0.587. The Labute approximate surface area is 177 Å². The lowest BCUT2D eigenvalue weighted by Crippen LogP contribution is -2.35. The molecule has 2 aromatic carbocycles. The van der Waals surface area contributed by atoms with Crippen LogP contribution >= 0.6 is 0 Å². The Morgan fingerprint density at radius 1 is 1.17 bits per heavy atom. The minimum absolute atomic E-state index is 0.0252. The van der Waals surface area contributed by atoms with Crippen molar-refractivity contribution in [3.8, 4) is 11.3 Å². The fourth-order valence-electron chi connectivity index (χ4n) is 3.45. The first-order chi connectivity index (χ1) is 14.4. The summed E-state index contributed by atoms with van der Waals surface area (Å²) in [4.78, 5) is 14.2. The second-order valence-electron chi connectivity index (χ2n) is 7.70. The molecule has 0 aliphatic rings. The van der Waals surface area contributed by atoms with Gasteiger partial charge in [0.1, 0.15) is 5.82 Å². The zero-order chi connectivity index (χ0) is 21.5. The van der Waals surface area contributed by atoms with E-state index in [1.54, 1.807) is 12.1 Å². The molecule has 0 bridgehead atoms. The third-order valence-corrected chi connectivity index (χ3v) is 5.19. The molecule has 6 heteroatoms. The molecule has 0 saturated carbocycles. The van der Waals surface area contributed by atoms with Crippen molar-refractivity contribution in [3.05, 3.63) is 77.2 Å². The monoisotopic (exact) mass is 408 g/mol. The first-order valence-electron chi connectivity index (χ1n) is 10.2. The van der Waals surface area contributed by atoms with E-state index in [-0.39, 0.29) is 11.7 Å². The van der Waals surface area contributed by atoms with E-state index in [0.717, 1.165) is 41.9 Å². The van der Waals surface area contributed by atoms with Gasteiger partial charge in [-0.05, 0) is 80.4 Å². The summed E-state index contributed by atoms with van der Waals surface area (Å²) in [6.45, 7) is 3.78. The average Bonchev–Trinajstić information content (AvgIpc) is 3.08. The van der Waals surface area contributed by atoms with E-state index in [4.69, 9.17) is 0 Å². The van der Waals surface area contributed by atoms with Gasteiger partial charge in [0.2, 0.25) is 5.91 Å². The first-order valence-corrected chi connectivity index (χ1v) is 10.2. The molecule has 30 heavy (non-hydrogen) atoms. The molecule has 0 unspecified atom stereocenters. The van der Waals surface area contributed by atoms with E-state index in [9.17, 15) is 9.18 Å². The predicted octanol–water partition coefficient (Wildman–Crippen LogP) is 3.72. The Hall–Kier alpha value is -2.99. The Morgan fingerprint density at radius 2 is 1.90 bits per heavy atom. The Bertz CT molecular complexity index is 981. The number of nitrogens with one attached hydrogen (secondary N) is 1. The molecule has 1 heterocycles. The van der Waals surface area contributed by atoms with E-state index in [1.165, 1.54) is 17.7 Å². The molecule has 0 spiro atoms. The van der Waals surface area contributed by atoms with Gasteiger partial charge in [-0.25, -0.2) is 4.39 Å². The summed E-state index contributed by atoms with van der Waals surface area (Å²) >= 11 is 0. The van der Waals surface area contributed by atoms with Crippen molar-refractivity contribution in [2.75, 3.05) is 20.1 Å². The molecule has 0 fully saturated rings. The molecule has 5 nitrogen and oxygen atoms in total. The van der Waals surface area contributed by atoms with E-state index >= 15 is 0 Å². The highest BCUT2D eigenvalue weighted by atomic mass is 19.1. The Morgan fingerprint density at radius 3 is 2.63 bits per heavy atom. The lowest BCUT2D eigenvalue weighted by atomic mass is 10.1. The van der Waals surface area contributed by atoms with Gasteiger partial charge in [0.05, 0.1) is 17.9 Å². The highest BCUT2D eigenvalue weighted by Crippen LogP contribution is 2.20. The van der Waals surface area contributed by atoms with Gasteiger partial charge >= 0.3 is 0 Å². The summed E-state index contributed by atoms with van der Waals surface area (Å²) in [6, 6.07) is 16.6. The van der Waals surface area contributed by atoms with Crippen molar-refractivity contribution in [3.63, 3.8) is 0 Å². The van der Waals surface area contributed by atoms with Crippen molar-refractivity contribution in [1.29, 1.82) is 0 Å². The van der Waals surface area contributed by atoms with Crippen LogP contribution in [0.4, 0.5) is 4.39 Å². The molecule has 0 radical (unpaired) electrons. The fourth-order valence-corrected chi connectivity index (χ4v) is 3.45. The summed E-state index contributed by atoms with van der Waals surface area (Å²) in [5.74, 6) is -0.218. The lowest BCUT2D eigenvalue weighted by molar-refractivity contribution is -0.122. The first kappa shape index (κ1) is 21.7. The van der Waals surface area contributed by atoms with Gasteiger partial charge in [0.25, 0.3) is 0 Å². The maximum atomic E-state index is 13.1. The minimum atomic E-state index is -0.243. The van der Waals surface area contributed by atoms with Crippen molar-refractivity contribution < 1.29 is 9.18 Å². The number of benzene rings is 2. The van der Waals surface area contributed by atoms with Gasteiger partial charge in [-0.3, -0.25) is 14.4 Å². The zero-order valence-electron chi connectivity index (χ0n) is 17.9.